The molecule has 0 saturated carbocycles. The van der Waals surface area contributed by atoms with Gasteiger partial charge in [0, 0.05) is 38.3 Å². The Balaban J connectivity index is 1.59. The quantitative estimate of drug-likeness (QED) is 0.712. The molecule has 7 heteroatoms. The second-order valence-corrected chi connectivity index (χ2v) is 6.84. The molecule has 0 aromatic heterocycles. The number of hydrogen-bond acceptors (Lipinski definition) is 5. The molecule has 0 N–H and O–H groups in total. The fourth-order valence-electron chi connectivity index (χ4n) is 3.43. The lowest BCUT2D eigenvalue weighted by Gasteiger charge is -2.35. The van der Waals surface area contributed by atoms with E-state index in [-0.39, 0.29) is 17.5 Å². The molecule has 2 aromatic carbocycles. The van der Waals surface area contributed by atoms with Gasteiger partial charge in [0.25, 0.3) is 5.91 Å². The van der Waals surface area contributed by atoms with Gasteiger partial charge in [0.05, 0.1) is 20.8 Å². The molecular formula is C22H27FN2O4. The van der Waals surface area contributed by atoms with Gasteiger partial charge < -0.3 is 19.1 Å². The van der Waals surface area contributed by atoms with Gasteiger partial charge in [-0.1, -0.05) is 6.07 Å². The highest BCUT2D eigenvalue weighted by Crippen LogP contribution is 2.28. The van der Waals surface area contributed by atoms with Gasteiger partial charge in [-0.25, -0.2) is 4.39 Å². The highest BCUT2D eigenvalue weighted by molar-refractivity contribution is 5.95. The van der Waals surface area contributed by atoms with E-state index in [0.29, 0.717) is 43.3 Å². The predicted octanol–water partition coefficient (Wildman–Crippen LogP) is 3.20. The summed E-state index contributed by atoms with van der Waals surface area (Å²) in [6.45, 7) is 5.77. The van der Waals surface area contributed by atoms with Crippen molar-refractivity contribution in [2.24, 2.45) is 0 Å². The van der Waals surface area contributed by atoms with E-state index >= 15 is 0 Å². The van der Waals surface area contributed by atoms with Gasteiger partial charge >= 0.3 is 0 Å². The van der Waals surface area contributed by atoms with Gasteiger partial charge in [-0.3, -0.25) is 9.69 Å². The molecule has 1 fully saturated rings. The number of rotatable bonds is 7. The van der Waals surface area contributed by atoms with Crippen LogP contribution in [0, 0.1) is 5.82 Å². The molecular weight excluding hydrogens is 375 g/mol. The van der Waals surface area contributed by atoms with Crippen LogP contribution in [0.4, 0.5) is 4.39 Å². The van der Waals surface area contributed by atoms with E-state index in [4.69, 9.17) is 14.2 Å². The van der Waals surface area contributed by atoms with Crippen LogP contribution in [0.1, 0.15) is 22.8 Å². The van der Waals surface area contributed by atoms with Crippen LogP contribution in [-0.4, -0.2) is 62.7 Å². The monoisotopic (exact) mass is 402 g/mol. The van der Waals surface area contributed by atoms with Gasteiger partial charge in [0.15, 0.2) is 23.1 Å². The Bertz CT molecular complexity index is 851. The summed E-state index contributed by atoms with van der Waals surface area (Å²) in [7, 11) is 3.02. The molecule has 0 aliphatic carbocycles. The van der Waals surface area contributed by atoms with Crippen molar-refractivity contribution in [1.82, 2.24) is 9.80 Å². The highest BCUT2D eigenvalue weighted by Gasteiger charge is 2.23. The second kappa shape index (κ2) is 9.60. The number of benzene rings is 2. The number of carbonyl (C=O) groups excluding carboxylic acids is 1. The zero-order valence-electron chi connectivity index (χ0n) is 17.1. The third kappa shape index (κ3) is 4.98. The lowest BCUT2D eigenvalue weighted by molar-refractivity contribution is 0.0628. The first-order chi connectivity index (χ1) is 14.0. The third-order valence-electron chi connectivity index (χ3n) is 4.99. The molecule has 1 amide bonds. The molecule has 1 aliphatic rings. The van der Waals surface area contributed by atoms with Crippen LogP contribution in [0.2, 0.25) is 0 Å². The minimum absolute atomic E-state index is 0.0264. The minimum atomic E-state index is -0.358. The number of carbonyl (C=O) groups is 1. The fourth-order valence-corrected chi connectivity index (χ4v) is 3.43. The van der Waals surface area contributed by atoms with E-state index < -0.39 is 0 Å². The molecule has 1 heterocycles. The molecule has 0 spiro atoms. The maximum absolute atomic E-state index is 13.9. The Labute approximate surface area is 170 Å². The van der Waals surface area contributed by atoms with E-state index in [9.17, 15) is 9.18 Å². The SMILES string of the molecule is CCOc1ccc(C(=O)N2CCN(Cc3ccc(OC)c(F)c3)CC2)cc1OC. The summed E-state index contributed by atoms with van der Waals surface area (Å²) >= 11 is 0. The summed E-state index contributed by atoms with van der Waals surface area (Å²) in [5.74, 6) is 1.04. The Morgan fingerprint density at radius 3 is 2.28 bits per heavy atom. The molecule has 0 unspecified atom stereocenters. The molecule has 0 radical (unpaired) electrons. The van der Waals surface area contributed by atoms with Crippen LogP contribution in [0.3, 0.4) is 0 Å². The second-order valence-electron chi connectivity index (χ2n) is 6.84. The summed E-state index contributed by atoms with van der Waals surface area (Å²) in [4.78, 5) is 16.9. The number of methoxy groups -OCH3 is 2. The van der Waals surface area contributed by atoms with Crippen molar-refractivity contribution >= 4 is 5.91 Å². The molecule has 1 saturated heterocycles. The van der Waals surface area contributed by atoms with Crippen molar-refractivity contribution in [3.63, 3.8) is 0 Å². The summed E-state index contributed by atoms with van der Waals surface area (Å²) in [5.41, 5.74) is 1.47. The molecule has 6 nitrogen and oxygen atoms in total. The summed E-state index contributed by atoms with van der Waals surface area (Å²) < 4.78 is 29.7. The van der Waals surface area contributed by atoms with E-state index in [0.717, 1.165) is 18.7 Å². The Kier molecular flexibility index (Phi) is 6.93. The minimum Gasteiger partial charge on any atom is -0.494 e. The van der Waals surface area contributed by atoms with E-state index in [1.807, 2.05) is 17.9 Å². The van der Waals surface area contributed by atoms with E-state index in [1.54, 1.807) is 31.4 Å². The lowest BCUT2D eigenvalue weighted by atomic mass is 10.1. The zero-order valence-corrected chi connectivity index (χ0v) is 17.1. The van der Waals surface area contributed by atoms with E-state index in [2.05, 4.69) is 4.90 Å². The number of amides is 1. The van der Waals surface area contributed by atoms with Gasteiger partial charge in [-0.05, 0) is 42.8 Å². The van der Waals surface area contributed by atoms with Crippen LogP contribution >= 0.6 is 0 Å². The largest absolute Gasteiger partial charge is 0.494 e. The molecule has 1 aliphatic heterocycles. The van der Waals surface area contributed by atoms with Crippen molar-refractivity contribution in [1.29, 1.82) is 0 Å². The predicted molar refractivity (Wildman–Crippen MR) is 108 cm³/mol. The number of piperazine rings is 1. The first-order valence-corrected chi connectivity index (χ1v) is 9.70. The standard InChI is InChI=1S/C22H27FN2O4/c1-4-29-20-8-6-17(14-21(20)28-3)22(26)25-11-9-24(10-12-25)15-16-5-7-19(27-2)18(23)13-16/h5-8,13-14H,4,9-12,15H2,1-3H3. The first kappa shape index (κ1) is 20.9. The Morgan fingerprint density at radius 2 is 1.66 bits per heavy atom. The number of nitrogens with zero attached hydrogens (tertiary/aromatic N) is 2. The Morgan fingerprint density at radius 1 is 0.966 bits per heavy atom. The Hall–Kier alpha value is -2.80. The van der Waals surface area contributed by atoms with Crippen LogP contribution < -0.4 is 14.2 Å². The normalized spacial score (nSPS) is 14.6. The summed E-state index contributed by atoms with van der Waals surface area (Å²) in [5, 5.41) is 0. The van der Waals surface area contributed by atoms with Crippen LogP contribution in [-0.2, 0) is 6.54 Å². The lowest BCUT2D eigenvalue weighted by Crippen LogP contribution is -2.48. The van der Waals surface area contributed by atoms with Crippen LogP contribution in [0.5, 0.6) is 17.2 Å². The topological polar surface area (TPSA) is 51.2 Å². The van der Waals surface area contributed by atoms with Gasteiger partial charge in [0.1, 0.15) is 0 Å². The average Bonchev–Trinajstić information content (AvgIpc) is 2.74. The number of ether oxygens (including phenoxy) is 3. The third-order valence-corrected chi connectivity index (χ3v) is 4.99. The van der Waals surface area contributed by atoms with Crippen LogP contribution in [0.15, 0.2) is 36.4 Å². The molecule has 156 valence electrons. The van der Waals surface area contributed by atoms with Crippen molar-refractivity contribution in [2.75, 3.05) is 47.0 Å². The molecule has 0 bridgehead atoms. The molecule has 3 rings (SSSR count). The maximum Gasteiger partial charge on any atom is 0.254 e. The van der Waals surface area contributed by atoms with Gasteiger partial charge in [-0.2, -0.15) is 0 Å². The van der Waals surface area contributed by atoms with Crippen molar-refractivity contribution < 1.29 is 23.4 Å². The van der Waals surface area contributed by atoms with Crippen molar-refractivity contribution in [2.45, 2.75) is 13.5 Å². The smallest absolute Gasteiger partial charge is 0.254 e. The summed E-state index contributed by atoms with van der Waals surface area (Å²) in [6, 6.07) is 10.3. The average molecular weight is 402 g/mol. The number of halogens is 1. The zero-order chi connectivity index (χ0) is 20.8. The molecule has 2 aromatic rings. The molecule has 0 atom stereocenters. The highest BCUT2D eigenvalue weighted by atomic mass is 19.1. The summed E-state index contributed by atoms with van der Waals surface area (Å²) in [6.07, 6.45) is 0. The molecule has 29 heavy (non-hydrogen) atoms. The van der Waals surface area contributed by atoms with Crippen molar-refractivity contribution in [3.05, 3.63) is 53.3 Å². The fraction of sp³-hybridized carbons (Fsp3) is 0.409. The van der Waals surface area contributed by atoms with Gasteiger partial charge in [-0.15, -0.1) is 0 Å². The van der Waals surface area contributed by atoms with Gasteiger partial charge in [0.2, 0.25) is 0 Å². The van der Waals surface area contributed by atoms with Crippen molar-refractivity contribution in [3.8, 4) is 17.2 Å². The number of hydrogen-bond donors (Lipinski definition) is 0. The first-order valence-electron chi connectivity index (χ1n) is 9.70. The maximum atomic E-state index is 13.9. The van der Waals surface area contributed by atoms with E-state index in [1.165, 1.54) is 13.2 Å². The van der Waals surface area contributed by atoms with Crippen LogP contribution in [0.25, 0.3) is 0 Å².